The summed E-state index contributed by atoms with van der Waals surface area (Å²) in [5, 5.41) is 0. The van der Waals surface area contributed by atoms with E-state index in [1.165, 1.54) is 19.3 Å². The van der Waals surface area contributed by atoms with E-state index in [4.69, 9.17) is 4.74 Å². The van der Waals surface area contributed by atoms with Gasteiger partial charge in [0, 0.05) is 31.1 Å². The molecule has 5 nitrogen and oxygen atoms in total. The maximum atomic E-state index is 13.4. The quantitative estimate of drug-likeness (QED) is 0.832. The molecule has 4 rings (SSSR count). The molecule has 2 heterocycles. The number of ketones is 1. The van der Waals surface area contributed by atoms with Crippen molar-refractivity contribution in [2.24, 2.45) is 0 Å². The summed E-state index contributed by atoms with van der Waals surface area (Å²) in [7, 11) is 1.62. The summed E-state index contributed by atoms with van der Waals surface area (Å²) in [5.41, 5.74) is 1.54. The van der Waals surface area contributed by atoms with Gasteiger partial charge in [0.1, 0.15) is 5.75 Å². The highest BCUT2D eigenvalue weighted by Crippen LogP contribution is 2.38. The lowest BCUT2D eigenvalue weighted by atomic mass is 9.95. The van der Waals surface area contributed by atoms with Gasteiger partial charge in [-0.15, -0.1) is 0 Å². The summed E-state index contributed by atoms with van der Waals surface area (Å²) in [4.78, 5) is 30.4. The molecular formula is C21H28N2O3. The predicted octanol–water partition coefficient (Wildman–Crippen LogP) is 2.84. The Hall–Kier alpha value is -1.88. The first-order valence-electron chi connectivity index (χ1n) is 9.91. The van der Waals surface area contributed by atoms with Crippen LogP contribution >= 0.6 is 0 Å². The smallest absolute Gasteiger partial charge is 0.230 e. The zero-order chi connectivity index (χ0) is 18.1. The second kappa shape index (κ2) is 7.39. The molecule has 2 saturated heterocycles. The van der Waals surface area contributed by atoms with Gasteiger partial charge < -0.3 is 14.5 Å². The Kier molecular flexibility index (Phi) is 4.98. The molecule has 26 heavy (non-hydrogen) atoms. The van der Waals surface area contributed by atoms with Gasteiger partial charge in [-0.3, -0.25) is 9.59 Å². The molecule has 2 unspecified atom stereocenters. The molecule has 2 aliphatic heterocycles. The SMILES string of the molecule is COc1ccc2c(c1)C(C(=O)N1CCCCC1CN1CCCC1)CC2=O. The summed E-state index contributed by atoms with van der Waals surface area (Å²) in [6, 6.07) is 5.78. The normalized spacial score (nSPS) is 26.2. The third-order valence-electron chi connectivity index (χ3n) is 6.20. The Bertz CT molecular complexity index is 696. The van der Waals surface area contributed by atoms with Gasteiger partial charge in [0.25, 0.3) is 0 Å². The first-order chi connectivity index (χ1) is 12.7. The van der Waals surface area contributed by atoms with Crippen molar-refractivity contribution in [1.82, 2.24) is 9.80 Å². The number of carbonyl (C=O) groups is 2. The fourth-order valence-electron chi connectivity index (χ4n) is 4.78. The van der Waals surface area contributed by atoms with Crippen LogP contribution in [-0.4, -0.2) is 60.8 Å². The number of Topliss-reactive ketones (excluding diaryl/α,β-unsaturated/α-hetero) is 1. The van der Waals surface area contributed by atoms with Gasteiger partial charge in [0.2, 0.25) is 5.91 Å². The molecule has 1 aromatic rings. The number of nitrogens with zero attached hydrogens (tertiary/aromatic N) is 2. The van der Waals surface area contributed by atoms with Crippen molar-refractivity contribution in [3.8, 4) is 5.75 Å². The van der Waals surface area contributed by atoms with Crippen molar-refractivity contribution in [3.63, 3.8) is 0 Å². The lowest BCUT2D eigenvalue weighted by molar-refractivity contribution is -0.136. The van der Waals surface area contributed by atoms with Gasteiger partial charge in [-0.2, -0.15) is 0 Å². The molecule has 0 spiro atoms. The van der Waals surface area contributed by atoms with Gasteiger partial charge in [-0.1, -0.05) is 0 Å². The molecule has 3 aliphatic rings. The number of hydrogen-bond donors (Lipinski definition) is 0. The average Bonchev–Trinajstić information content (AvgIpc) is 3.29. The van der Waals surface area contributed by atoms with Gasteiger partial charge >= 0.3 is 0 Å². The molecule has 2 atom stereocenters. The standard InChI is InChI=1S/C21H28N2O3/c1-26-16-7-8-17-18(12-16)19(13-20(17)24)21(25)23-11-3-2-6-15(23)14-22-9-4-5-10-22/h7-8,12,15,19H,2-6,9-11,13-14H2,1H3. The number of fused-ring (bicyclic) bond motifs is 1. The number of hydrogen-bond acceptors (Lipinski definition) is 4. The number of likely N-dealkylation sites (tertiary alicyclic amines) is 2. The molecule has 140 valence electrons. The Labute approximate surface area is 155 Å². The van der Waals surface area contributed by atoms with Crippen LogP contribution in [0, 0.1) is 0 Å². The molecule has 0 bridgehead atoms. The molecule has 0 saturated carbocycles. The van der Waals surface area contributed by atoms with Crippen LogP contribution in [0.15, 0.2) is 18.2 Å². The summed E-state index contributed by atoms with van der Waals surface area (Å²) in [5.74, 6) is 0.582. The second-order valence-electron chi connectivity index (χ2n) is 7.82. The highest BCUT2D eigenvalue weighted by Gasteiger charge is 2.39. The summed E-state index contributed by atoms with van der Waals surface area (Å²) < 4.78 is 5.32. The lowest BCUT2D eigenvalue weighted by Crippen LogP contribution is -2.50. The minimum Gasteiger partial charge on any atom is -0.497 e. The highest BCUT2D eigenvalue weighted by atomic mass is 16.5. The zero-order valence-electron chi connectivity index (χ0n) is 15.6. The van der Waals surface area contributed by atoms with Gasteiger partial charge in [0.05, 0.1) is 13.0 Å². The van der Waals surface area contributed by atoms with E-state index < -0.39 is 0 Å². The minimum absolute atomic E-state index is 0.0779. The third kappa shape index (κ3) is 3.25. The molecular weight excluding hydrogens is 328 g/mol. The number of piperidine rings is 1. The maximum Gasteiger partial charge on any atom is 0.230 e. The largest absolute Gasteiger partial charge is 0.497 e. The number of carbonyl (C=O) groups excluding carboxylic acids is 2. The Morgan fingerprint density at radius 2 is 1.92 bits per heavy atom. The molecule has 0 N–H and O–H groups in total. The Morgan fingerprint density at radius 1 is 1.15 bits per heavy atom. The monoisotopic (exact) mass is 356 g/mol. The second-order valence-corrected chi connectivity index (χ2v) is 7.82. The van der Waals surface area contributed by atoms with Crippen molar-refractivity contribution in [1.29, 1.82) is 0 Å². The topological polar surface area (TPSA) is 49.9 Å². The molecule has 2 fully saturated rings. The van der Waals surface area contributed by atoms with Crippen LogP contribution in [0.1, 0.15) is 60.4 Å². The first-order valence-corrected chi connectivity index (χ1v) is 9.91. The van der Waals surface area contributed by atoms with Crippen molar-refractivity contribution in [2.45, 2.75) is 50.5 Å². The fraction of sp³-hybridized carbons (Fsp3) is 0.619. The maximum absolute atomic E-state index is 13.4. The molecule has 1 amide bonds. The van der Waals surface area contributed by atoms with E-state index in [9.17, 15) is 9.59 Å². The van der Waals surface area contributed by atoms with E-state index in [0.717, 1.165) is 44.6 Å². The molecule has 0 aromatic heterocycles. The number of amides is 1. The minimum atomic E-state index is -0.341. The molecule has 5 heteroatoms. The fourth-order valence-corrected chi connectivity index (χ4v) is 4.78. The molecule has 0 radical (unpaired) electrons. The number of benzene rings is 1. The van der Waals surface area contributed by atoms with Crippen LogP contribution in [0.4, 0.5) is 0 Å². The van der Waals surface area contributed by atoms with Crippen molar-refractivity contribution < 1.29 is 14.3 Å². The van der Waals surface area contributed by atoms with E-state index in [0.29, 0.717) is 23.8 Å². The highest BCUT2D eigenvalue weighted by molar-refractivity contribution is 6.07. The predicted molar refractivity (Wildman–Crippen MR) is 99.7 cm³/mol. The van der Waals surface area contributed by atoms with Crippen molar-refractivity contribution in [3.05, 3.63) is 29.3 Å². The van der Waals surface area contributed by atoms with Gasteiger partial charge in [-0.25, -0.2) is 0 Å². The van der Waals surface area contributed by atoms with Crippen molar-refractivity contribution in [2.75, 3.05) is 33.3 Å². The van der Waals surface area contributed by atoms with E-state index in [2.05, 4.69) is 9.80 Å². The van der Waals surface area contributed by atoms with Crippen LogP contribution in [0.2, 0.25) is 0 Å². The number of ether oxygens (including phenoxy) is 1. The third-order valence-corrected chi connectivity index (χ3v) is 6.20. The van der Waals surface area contributed by atoms with Gasteiger partial charge in [0.15, 0.2) is 5.78 Å². The molecule has 1 aromatic carbocycles. The molecule has 1 aliphatic carbocycles. The zero-order valence-corrected chi connectivity index (χ0v) is 15.6. The summed E-state index contributed by atoms with van der Waals surface area (Å²) in [6.07, 6.45) is 6.17. The lowest BCUT2D eigenvalue weighted by Gasteiger charge is -2.39. The number of methoxy groups -OCH3 is 1. The average molecular weight is 356 g/mol. The van der Waals surface area contributed by atoms with Crippen LogP contribution < -0.4 is 4.74 Å². The van der Waals surface area contributed by atoms with E-state index >= 15 is 0 Å². The summed E-state index contributed by atoms with van der Waals surface area (Å²) >= 11 is 0. The number of rotatable bonds is 4. The van der Waals surface area contributed by atoms with Crippen LogP contribution in [0.3, 0.4) is 0 Å². The Balaban J connectivity index is 1.55. The van der Waals surface area contributed by atoms with Crippen LogP contribution in [-0.2, 0) is 4.79 Å². The van der Waals surface area contributed by atoms with E-state index in [-0.39, 0.29) is 17.6 Å². The van der Waals surface area contributed by atoms with Crippen LogP contribution in [0.5, 0.6) is 5.75 Å². The van der Waals surface area contributed by atoms with Crippen LogP contribution in [0.25, 0.3) is 0 Å². The van der Waals surface area contributed by atoms with Gasteiger partial charge in [-0.05, 0) is 69.0 Å². The Morgan fingerprint density at radius 3 is 2.69 bits per heavy atom. The summed E-state index contributed by atoms with van der Waals surface area (Å²) in [6.45, 7) is 4.11. The van der Waals surface area contributed by atoms with Crippen molar-refractivity contribution >= 4 is 11.7 Å². The van der Waals surface area contributed by atoms with E-state index in [1.54, 1.807) is 13.2 Å². The van der Waals surface area contributed by atoms with E-state index in [1.807, 2.05) is 12.1 Å². The first kappa shape index (κ1) is 17.5.